The van der Waals surface area contributed by atoms with Gasteiger partial charge < -0.3 is 10.4 Å². The molecule has 0 saturated heterocycles. The molecule has 0 spiro atoms. The monoisotopic (exact) mass is 297 g/mol. The van der Waals surface area contributed by atoms with Gasteiger partial charge in [0.25, 0.3) is 0 Å². The number of benzene rings is 2. The first-order valence-electron chi connectivity index (χ1n) is 7.26. The fraction of sp³-hybridized carbons (Fsp3) is 0.211. The van der Waals surface area contributed by atoms with Crippen molar-refractivity contribution in [1.29, 1.82) is 0 Å². The van der Waals surface area contributed by atoms with E-state index in [2.05, 4.69) is 17.4 Å². The molecule has 2 N–H and O–H groups in total. The number of hydrogen-bond donors (Lipinski definition) is 2. The molecule has 0 heterocycles. The van der Waals surface area contributed by atoms with Crippen LogP contribution in [0.4, 0.5) is 0 Å². The fourth-order valence-electron chi connectivity index (χ4n) is 1.98. The van der Waals surface area contributed by atoms with Gasteiger partial charge in [-0.2, -0.15) is 0 Å². The molecule has 2 rings (SSSR count). The maximum Gasteiger partial charge on any atom is 0.187 e. The molecule has 3 nitrogen and oxygen atoms in total. The number of ketones is 1. The lowest BCUT2D eigenvalue weighted by Crippen LogP contribution is -2.16. The fourth-order valence-corrected chi connectivity index (χ4v) is 1.98. The van der Waals surface area contributed by atoms with Crippen molar-refractivity contribution in [3.8, 4) is 0 Å². The maximum atomic E-state index is 12.0. The number of carbonyl (C=O) groups excluding carboxylic acids is 1. The zero-order chi connectivity index (χ0) is 16.2. The Morgan fingerprint density at radius 1 is 1.00 bits per heavy atom. The Balaban J connectivity index is 0.00000116. The molecule has 0 amide bonds. The van der Waals surface area contributed by atoms with E-state index in [1.807, 2.05) is 55.5 Å². The molecule has 0 unspecified atom stereocenters. The summed E-state index contributed by atoms with van der Waals surface area (Å²) in [5.74, 6) is 0.0373. The minimum atomic E-state index is 0.0373. The smallest absolute Gasteiger partial charge is 0.187 e. The van der Waals surface area contributed by atoms with Gasteiger partial charge in [-0.1, -0.05) is 60.7 Å². The van der Waals surface area contributed by atoms with Gasteiger partial charge in [0.2, 0.25) is 0 Å². The van der Waals surface area contributed by atoms with E-state index in [0.29, 0.717) is 0 Å². The summed E-state index contributed by atoms with van der Waals surface area (Å²) in [5.41, 5.74) is 2.91. The summed E-state index contributed by atoms with van der Waals surface area (Å²) in [6, 6.07) is 19.6. The van der Waals surface area contributed by atoms with Crippen LogP contribution in [0.1, 0.15) is 22.8 Å². The van der Waals surface area contributed by atoms with Crippen molar-refractivity contribution in [2.75, 3.05) is 13.7 Å². The third kappa shape index (κ3) is 6.37. The van der Waals surface area contributed by atoms with Gasteiger partial charge in [-0.3, -0.25) is 4.79 Å². The van der Waals surface area contributed by atoms with E-state index in [4.69, 9.17) is 5.11 Å². The van der Waals surface area contributed by atoms with Gasteiger partial charge in [0.1, 0.15) is 0 Å². The third-order valence-electron chi connectivity index (χ3n) is 3.07. The molecular weight excluding hydrogens is 274 g/mol. The number of carbonyl (C=O) groups is 1. The number of rotatable bonds is 6. The highest BCUT2D eigenvalue weighted by Crippen LogP contribution is 2.03. The lowest BCUT2D eigenvalue weighted by molar-refractivity contribution is 0.104. The standard InChI is InChI=1S/C18H19NO.CH4O/c1-15(14-18(20)17-10-6-3-7-11-17)19-13-12-16-8-4-2-5-9-16;1-2/h2-11,14,19H,12-13H2,1H3;2H,1H3/b15-14-;. The Labute approximate surface area is 132 Å². The number of aliphatic hydroxyl groups excluding tert-OH is 1. The minimum absolute atomic E-state index is 0.0373. The topological polar surface area (TPSA) is 49.3 Å². The van der Waals surface area contributed by atoms with Crippen molar-refractivity contribution >= 4 is 5.78 Å². The Morgan fingerprint density at radius 3 is 2.14 bits per heavy atom. The molecule has 0 aromatic heterocycles. The summed E-state index contributed by atoms with van der Waals surface area (Å²) in [4.78, 5) is 12.0. The molecule has 0 fully saturated rings. The Kier molecular flexibility index (Phi) is 8.31. The van der Waals surface area contributed by atoms with Crippen LogP contribution < -0.4 is 5.32 Å². The first-order chi connectivity index (χ1) is 10.8. The molecule has 0 atom stereocenters. The molecule has 2 aromatic rings. The Bertz CT molecular complexity index is 577. The highest BCUT2D eigenvalue weighted by atomic mass is 16.2. The largest absolute Gasteiger partial charge is 0.400 e. The predicted molar refractivity (Wildman–Crippen MR) is 90.8 cm³/mol. The molecular formula is C19H23NO2. The molecule has 116 valence electrons. The second kappa shape index (κ2) is 10.4. The quantitative estimate of drug-likeness (QED) is 0.636. The van der Waals surface area contributed by atoms with Gasteiger partial charge in [0, 0.05) is 31.0 Å². The Hall–Kier alpha value is -2.39. The van der Waals surface area contributed by atoms with E-state index >= 15 is 0 Å². The number of allylic oxidation sites excluding steroid dienone is 2. The van der Waals surface area contributed by atoms with Gasteiger partial charge >= 0.3 is 0 Å². The van der Waals surface area contributed by atoms with Crippen LogP contribution in [0.25, 0.3) is 0 Å². The van der Waals surface area contributed by atoms with Gasteiger partial charge in [0.15, 0.2) is 5.78 Å². The van der Waals surface area contributed by atoms with Crippen LogP contribution in [0.15, 0.2) is 72.4 Å². The molecule has 0 aliphatic heterocycles. The average Bonchev–Trinajstić information content (AvgIpc) is 2.58. The molecule has 0 radical (unpaired) electrons. The molecule has 0 saturated carbocycles. The van der Waals surface area contributed by atoms with Crippen molar-refractivity contribution in [2.24, 2.45) is 0 Å². The number of hydrogen-bond acceptors (Lipinski definition) is 3. The van der Waals surface area contributed by atoms with Crippen molar-refractivity contribution < 1.29 is 9.90 Å². The SMILES string of the molecule is C/C(=C/C(=O)c1ccccc1)NCCc1ccccc1.CO. The number of aliphatic hydroxyl groups is 1. The predicted octanol–water partition coefficient (Wildman–Crippen LogP) is 3.21. The summed E-state index contributed by atoms with van der Waals surface area (Å²) in [6.45, 7) is 2.75. The molecule has 0 aliphatic rings. The highest BCUT2D eigenvalue weighted by Gasteiger charge is 2.01. The molecule has 2 aromatic carbocycles. The zero-order valence-corrected chi connectivity index (χ0v) is 13.1. The summed E-state index contributed by atoms with van der Waals surface area (Å²) in [5, 5.41) is 10.3. The van der Waals surface area contributed by atoms with Crippen LogP contribution >= 0.6 is 0 Å². The first kappa shape index (κ1) is 17.7. The number of nitrogens with one attached hydrogen (secondary N) is 1. The summed E-state index contributed by atoms with van der Waals surface area (Å²) < 4.78 is 0. The molecule has 22 heavy (non-hydrogen) atoms. The highest BCUT2D eigenvalue weighted by molar-refractivity contribution is 6.04. The molecule has 0 aliphatic carbocycles. The Morgan fingerprint density at radius 2 is 1.55 bits per heavy atom. The summed E-state index contributed by atoms with van der Waals surface area (Å²) in [6.07, 6.45) is 2.60. The lowest BCUT2D eigenvalue weighted by Gasteiger charge is -2.06. The van der Waals surface area contributed by atoms with Crippen LogP contribution in [0.3, 0.4) is 0 Å². The van der Waals surface area contributed by atoms with Crippen molar-refractivity contribution in [3.63, 3.8) is 0 Å². The van der Waals surface area contributed by atoms with E-state index < -0.39 is 0 Å². The average molecular weight is 297 g/mol. The maximum absolute atomic E-state index is 12.0. The normalized spacial score (nSPS) is 10.4. The van der Waals surface area contributed by atoms with Gasteiger partial charge in [-0.25, -0.2) is 0 Å². The minimum Gasteiger partial charge on any atom is -0.400 e. The van der Waals surface area contributed by atoms with Crippen molar-refractivity contribution in [3.05, 3.63) is 83.6 Å². The summed E-state index contributed by atoms with van der Waals surface area (Å²) >= 11 is 0. The summed E-state index contributed by atoms with van der Waals surface area (Å²) in [7, 11) is 1.00. The van der Waals surface area contributed by atoms with E-state index in [1.54, 1.807) is 6.08 Å². The first-order valence-corrected chi connectivity index (χ1v) is 7.26. The van der Waals surface area contributed by atoms with Crippen LogP contribution in [0, 0.1) is 0 Å². The molecule has 0 bridgehead atoms. The van der Waals surface area contributed by atoms with E-state index in [0.717, 1.165) is 31.3 Å². The van der Waals surface area contributed by atoms with Crippen LogP contribution in [0.5, 0.6) is 0 Å². The van der Waals surface area contributed by atoms with Crippen LogP contribution in [0.2, 0.25) is 0 Å². The van der Waals surface area contributed by atoms with E-state index in [1.165, 1.54) is 5.56 Å². The second-order valence-electron chi connectivity index (χ2n) is 4.72. The van der Waals surface area contributed by atoms with Crippen molar-refractivity contribution in [2.45, 2.75) is 13.3 Å². The van der Waals surface area contributed by atoms with E-state index in [9.17, 15) is 4.79 Å². The van der Waals surface area contributed by atoms with Crippen LogP contribution in [-0.4, -0.2) is 24.5 Å². The van der Waals surface area contributed by atoms with E-state index in [-0.39, 0.29) is 5.78 Å². The second-order valence-corrected chi connectivity index (χ2v) is 4.72. The van der Waals surface area contributed by atoms with Gasteiger partial charge in [-0.05, 0) is 18.9 Å². The van der Waals surface area contributed by atoms with Crippen LogP contribution in [-0.2, 0) is 6.42 Å². The zero-order valence-electron chi connectivity index (χ0n) is 13.1. The van der Waals surface area contributed by atoms with Crippen molar-refractivity contribution in [1.82, 2.24) is 5.32 Å². The molecule has 3 heteroatoms. The third-order valence-corrected chi connectivity index (χ3v) is 3.07. The van der Waals surface area contributed by atoms with Gasteiger partial charge in [0.05, 0.1) is 0 Å². The van der Waals surface area contributed by atoms with Gasteiger partial charge in [-0.15, -0.1) is 0 Å². The lowest BCUT2D eigenvalue weighted by atomic mass is 10.1.